The van der Waals surface area contributed by atoms with Crippen LogP contribution < -0.4 is 0 Å². The lowest BCUT2D eigenvalue weighted by Gasteiger charge is -2.15. The van der Waals surface area contributed by atoms with Gasteiger partial charge < -0.3 is 9.52 Å². The first kappa shape index (κ1) is 14.4. The molecule has 1 heterocycles. The molecule has 0 aliphatic carbocycles. The van der Waals surface area contributed by atoms with Crippen molar-refractivity contribution in [3.8, 4) is 11.8 Å². The first-order chi connectivity index (χ1) is 9.78. The van der Waals surface area contributed by atoms with Gasteiger partial charge in [0.2, 0.25) is 0 Å². The van der Waals surface area contributed by atoms with Crippen LogP contribution in [0.15, 0.2) is 47.3 Å². The third kappa shape index (κ3) is 4.58. The van der Waals surface area contributed by atoms with Crippen LogP contribution in [-0.4, -0.2) is 23.7 Å². The first-order valence-corrected chi connectivity index (χ1v) is 6.66. The number of hydrogen-bond donors (Lipinski definition) is 1. The first-order valence-electron chi connectivity index (χ1n) is 6.66. The molecule has 0 unspecified atom stereocenters. The van der Waals surface area contributed by atoms with Crippen molar-refractivity contribution < 1.29 is 9.52 Å². The van der Waals surface area contributed by atoms with Gasteiger partial charge in [-0.05, 0) is 30.8 Å². The standard InChI is InChI=1S/C17H19NO2/c1-18(13-17-9-11-20-14-17)12-16-7-5-15(6-8-16)4-2-3-10-19/h5-9,11,14,19H,3,10,12-13H2,1H3. The Morgan fingerprint density at radius 1 is 1.10 bits per heavy atom. The Bertz CT molecular complexity index is 561. The molecule has 1 aromatic carbocycles. The fourth-order valence-corrected chi connectivity index (χ4v) is 1.98. The van der Waals surface area contributed by atoms with Crippen LogP contribution in [0, 0.1) is 11.8 Å². The molecule has 104 valence electrons. The van der Waals surface area contributed by atoms with E-state index in [4.69, 9.17) is 9.52 Å². The predicted octanol–water partition coefficient (Wildman–Crippen LogP) is 2.65. The zero-order valence-corrected chi connectivity index (χ0v) is 11.7. The normalized spacial score (nSPS) is 10.3. The van der Waals surface area contributed by atoms with Crippen molar-refractivity contribution in [3.63, 3.8) is 0 Å². The maximum Gasteiger partial charge on any atom is 0.0947 e. The minimum absolute atomic E-state index is 0.115. The van der Waals surface area contributed by atoms with Crippen molar-refractivity contribution in [1.82, 2.24) is 4.90 Å². The summed E-state index contributed by atoms with van der Waals surface area (Å²) in [6.45, 7) is 1.87. The van der Waals surface area contributed by atoms with E-state index in [0.29, 0.717) is 6.42 Å². The maximum absolute atomic E-state index is 8.68. The molecule has 0 atom stereocenters. The summed E-state index contributed by atoms with van der Waals surface area (Å²) in [5, 5.41) is 8.68. The molecule has 0 radical (unpaired) electrons. The lowest BCUT2D eigenvalue weighted by atomic mass is 10.1. The van der Waals surface area contributed by atoms with Gasteiger partial charge in [0, 0.05) is 30.6 Å². The van der Waals surface area contributed by atoms with Crippen LogP contribution in [0.25, 0.3) is 0 Å². The molecule has 0 aliphatic heterocycles. The number of rotatable bonds is 5. The number of aliphatic hydroxyl groups excluding tert-OH is 1. The highest BCUT2D eigenvalue weighted by atomic mass is 16.3. The molecular formula is C17H19NO2. The molecule has 1 N–H and O–H groups in total. The summed E-state index contributed by atoms with van der Waals surface area (Å²) >= 11 is 0. The lowest BCUT2D eigenvalue weighted by Crippen LogP contribution is -2.16. The summed E-state index contributed by atoms with van der Waals surface area (Å²) in [5.41, 5.74) is 3.42. The van der Waals surface area contributed by atoms with Gasteiger partial charge in [-0.3, -0.25) is 4.90 Å². The Morgan fingerprint density at radius 3 is 2.50 bits per heavy atom. The fraction of sp³-hybridized carbons (Fsp3) is 0.294. The highest BCUT2D eigenvalue weighted by molar-refractivity contribution is 5.36. The predicted molar refractivity (Wildman–Crippen MR) is 78.9 cm³/mol. The van der Waals surface area contributed by atoms with Gasteiger partial charge in [0.1, 0.15) is 0 Å². The van der Waals surface area contributed by atoms with Crippen molar-refractivity contribution in [2.45, 2.75) is 19.5 Å². The van der Waals surface area contributed by atoms with Crippen molar-refractivity contribution in [2.75, 3.05) is 13.7 Å². The Balaban J connectivity index is 1.88. The van der Waals surface area contributed by atoms with Crippen LogP contribution in [0.2, 0.25) is 0 Å². The van der Waals surface area contributed by atoms with E-state index in [2.05, 4.69) is 35.9 Å². The summed E-state index contributed by atoms with van der Waals surface area (Å²) in [6.07, 6.45) is 3.99. The molecule has 0 amide bonds. The third-order valence-electron chi connectivity index (χ3n) is 2.91. The van der Waals surface area contributed by atoms with Crippen LogP contribution in [0.4, 0.5) is 0 Å². The number of hydrogen-bond acceptors (Lipinski definition) is 3. The topological polar surface area (TPSA) is 36.6 Å². The van der Waals surface area contributed by atoms with Gasteiger partial charge in [-0.2, -0.15) is 0 Å². The highest BCUT2D eigenvalue weighted by Gasteiger charge is 2.02. The van der Waals surface area contributed by atoms with Gasteiger partial charge in [0.25, 0.3) is 0 Å². The molecular weight excluding hydrogens is 250 g/mol. The second-order valence-corrected chi connectivity index (χ2v) is 4.78. The fourth-order valence-electron chi connectivity index (χ4n) is 1.98. The Kier molecular flexibility index (Phi) is 5.43. The number of benzene rings is 1. The van der Waals surface area contributed by atoms with E-state index >= 15 is 0 Å². The van der Waals surface area contributed by atoms with Gasteiger partial charge in [-0.1, -0.05) is 24.0 Å². The second kappa shape index (κ2) is 7.54. The minimum Gasteiger partial charge on any atom is -0.472 e. The summed E-state index contributed by atoms with van der Waals surface area (Å²) in [4.78, 5) is 2.23. The molecule has 0 bridgehead atoms. The van der Waals surface area contributed by atoms with Crippen LogP contribution in [-0.2, 0) is 13.1 Å². The Labute approximate surface area is 119 Å². The van der Waals surface area contributed by atoms with E-state index in [1.807, 2.05) is 18.2 Å². The molecule has 0 saturated heterocycles. The molecule has 0 spiro atoms. The van der Waals surface area contributed by atoms with E-state index < -0.39 is 0 Å². The Morgan fingerprint density at radius 2 is 1.85 bits per heavy atom. The van der Waals surface area contributed by atoms with Crippen molar-refractivity contribution in [2.24, 2.45) is 0 Å². The van der Waals surface area contributed by atoms with E-state index in [9.17, 15) is 0 Å². The smallest absolute Gasteiger partial charge is 0.0947 e. The summed E-state index contributed by atoms with van der Waals surface area (Å²) in [5.74, 6) is 5.95. The molecule has 3 heteroatoms. The van der Waals surface area contributed by atoms with Gasteiger partial charge in [0.15, 0.2) is 0 Å². The van der Waals surface area contributed by atoms with Gasteiger partial charge in [0.05, 0.1) is 19.1 Å². The average Bonchev–Trinajstić information content (AvgIpc) is 2.94. The molecule has 0 saturated carbocycles. The molecule has 1 aromatic heterocycles. The summed E-state index contributed by atoms with van der Waals surface area (Å²) < 4.78 is 5.07. The SMILES string of the molecule is CN(Cc1ccc(C#CCCO)cc1)Cc1ccoc1. The molecule has 2 aromatic rings. The van der Waals surface area contributed by atoms with Crippen molar-refractivity contribution in [1.29, 1.82) is 0 Å². The average molecular weight is 269 g/mol. The number of nitrogens with zero attached hydrogens (tertiary/aromatic N) is 1. The number of aliphatic hydroxyl groups is 1. The molecule has 0 aliphatic rings. The largest absolute Gasteiger partial charge is 0.472 e. The van der Waals surface area contributed by atoms with Crippen LogP contribution in [0.3, 0.4) is 0 Å². The minimum atomic E-state index is 0.115. The molecule has 2 rings (SSSR count). The van der Waals surface area contributed by atoms with E-state index in [1.165, 1.54) is 11.1 Å². The molecule has 0 fully saturated rings. The van der Waals surface area contributed by atoms with Crippen molar-refractivity contribution in [3.05, 3.63) is 59.5 Å². The van der Waals surface area contributed by atoms with Crippen LogP contribution in [0.5, 0.6) is 0 Å². The molecule has 20 heavy (non-hydrogen) atoms. The van der Waals surface area contributed by atoms with Gasteiger partial charge in [-0.15, -0.1) is 0 Å². The summed E-state index contributed by atoms with van der Waals surface area (Å²) in [6, 6.07) is 10.2. The highest BCUT2D eigenvalue weighted by Crippen LogP contribution is 2.09. The summed E-state index contributed by atoms with van der Waals surface area (Å²) in [7, 11) is 2.09. The zero-order chi connectivity index (χ0) is 14.2. The van der Waals surface area contributed by atoms with E-state index in [0.717, 1.165) is 18.7 Å². The second-order valence-electron chi connectivity index (χ2n) is 4.78. The third-order valence-corrected chi connectivity index (χ3v) is 2.91. The van der Waals surface area contributed by atoms with Crippen molar-refractivity contribution >= 4 is 0 Å². The zero-order valence-electron chi connectivity index (χ0n) is 11.7. The quantitative estimate of drug-likeness (QED) is 0.848. The van der Waals surface area contributed by atoms with Crippen LogP contribution >= 0.6 is 0 Å². The van der Waals surface area contributed by atoms with E-state index in [1.54, 1.807) is 12.5 Å². The lowest BCUT2D eigenvalue weighted by molar-refractivity contribution is 0.305. The molecule has 3 nitrogen and oxygen atoms in total. The van der Waals surface area contributed by atoms with E-state index in [-0.39, 0.29) is 6.61 Å². The monoisotopic (exact) mass is 269 g/mol. The Hall–Kier alpha value is -2.02. The van der Waals surface area contributed by atoms with Gasteiger partial charge in [-0.25, -0.2) is 0 Å². The maximum atomic E-state index is 8.68. The van der Waals surface area contributed by atoms with Gasteiger partial charge >= 0.3 is 0 Å². The van der Waals surface area contributed by atoms with Crippen LogP contribution in [0.1, 0.15) is 23.1 Å². The number of furan rings is 1.